The van der Waals surface area contributed by atoms with Crippen LogP contribution in [0.5, 0.6) is 0 Å². The van der Waals surface area contributed by atoms with Gasteiger partial charge in [0.2, 0.25) is 0 Å². The summed E-state index contributed by atoms with van der Waals surface area (Å²) in [5, 5.41) is 9.07. The van der Waals surface area contributed by atoms with Crippen molar-refractivity contribution in [2.75, 3.05) is 0 Å². The lowest BCUT2D eigenvalue weighted by molar-refractivity contribution is 0.0756. The van der Waals surface area contributed by atoms with E-state index in [-0.39, 0.29) is 5.78 Å². The fourth-order valence-electron chi connectivity index (χ4n) is 1.57. The lowest BCUT2D eigenvalue weighted by atomic mass is 10.1. The molecular weight excluding hydrogens is 267 g/mol. The molecule has 1 fully saturated rings. The van der Waals surface area contributed by atoms with Crippen LogP contribution in [-0.2, 0) is 4.74 Å². The van der Waals surface area contributed by atoms with Crippen molar-refractivity contribution in [2.24, 2.45) is 5.92 Å². The maximum Gasteiger partial charge on any atom is 0.506 e. The molecule has 6 heteroatoms. The zero-order valence-electron chi connectivity index (χ0n) is 8.52. The number of carboxylic acid groups (broad SMARTS) is 1. The van der Waals surface area contributed by atoms with Gasteiger partial charge in [0, 0.05) is 5.56 Å². The van der Waals surface area contributed by atoms with Gasteiger partial charge >= 0.3 is 6.16 Å². The number of hydrogen-bond acceptors (Lipinski definition) is 3. The van der Waals surface area contributed by atoms with Crippen LogP contribution in [0.3, 0.4) is 0 Å². The summed E-state index contributed by atoms with van der Waals surface area (Å²) >= 11 is 11.5. The van der Waals surface area contributed by atoms with Gasteiger partial charge in [-0.1, -0.05) is 23.2 Å². The molecule has 0 saturated heterocycles. The van der Waals surface area contributed by atoms with E-state index in [1.165, 1.54) is 12.1 Å². The van der Waals surface area contributed by atoms with Crippen LogP contribution in [0.15, 0.2) is 18.2 Å². The SMILES string of the molecule is O=C(O)O[C@H]1C[C@@H]1C(=O)c1ccc(Cl)c(Cl)c1. The first-order valence-electron chi connectivity index (χ1n) is 4.88. The molecule has 0 unspecified atom stereocenters. The summed E-state index contributed by atoms with van der Waals surface area (Å²) in [4.78, 5) is 22.2. The molecular formula is C11H8Cl2O4. The van der Waals surface area contributed by atoms with Crippen molar-refractivity contribution in [3.8, 4) is 0 Å². The van der Waals surface area contributed by atoms with E-state index in [9.17, 15) is 9.59 Å². The molecule has 1 aliphatic rings. The first-order valence-corrected chi connectivity index (χ1v) is 5.63. The lowest BCUT2D eigenvalue weighted by Crippen LogP contribution is -2.10. The molecule has 17 heavy (non-hydrogen) atoms. The number of ether oxygens (including phenoxy) is 1. The molecule has 1 aromatic rings. The van der Waals surface area contributed by atoms with Gasteiger partial charge < -0.3 is 9.84 Å². The molecule has 1 saturated carbocycles. The number of Topliss-reactive ketones (excluding diaryl/α,β-unsaturated/α-hetero) is 1. The summed E-state index contributed by atoms with van der Waals surface area (Å²) in [7, 11) is 0. The minimum absolute atomic E-state index is 0.171. The predicted octanol–water partition coefficient (Wildman–Crippen LogP) is 3.26. The monoisotopic (exact) mass is 274 g/mol. The summed E-state index contributed by atoms with van der Waals surface area (Å²) in [5.74, 6) is -0.571. The Morgan fingerprint density at radius 1 is 1.29 bits per heavy atom. The molecule has 0 heterocycles. The van der Waals surface area contributed by atoms with Crippen LogP contribution in [0, 0.1) is 5.92 Å². The average molecular weight is 275 g/mol. The van der Waals surface area contributed by atoms with E-state index in [4.69, 9.17) is 28.3 Å². The first kappa shape index (κ1) is 12.2. The first-order chi connectivity index (χ1) is 7.99. The van der Waals surface area contributed by atoms with E-state index >= 15 is 0 Å². The Balaban J connectivity index is 2.06. The van der Waals surface area contributed by atoms with Crippen LogP contribution >= 0.6 is 23.2 Å². The van der Waals surface area contributed by atoms with Gasteiger partial charge in [0.15, 0.2) is 5.78 Å². The second-order valence-electron chi connectivity index (χ2n) is 3.76. The number of benzene rings is 1. The van der Waals surface area contributed by atoms with Gasteiger partial charge in [-0.25, -0.2) is 4.79 Å². The summed E-state index contributed by atoms with van der Waals surface area (Å²) < 4.78 is 4.51. The van der Waals surface area contributed by atoms with E-state index in [1.807, 2.05) is 0 Å². The molecule has 1 N–H and O–H groups in total. The van der Waals surface area contributed by atoms with Crippen LogP contribution in [0.4, 0.5) is 4.79 Å². The van der Waals surface area contributed by atoms with Crippen LogP contribution in [0.2, 0.25) is 10.0 Å². The zero-order chi connectivity index (χ0) is 12.6. The Kier molecular flexibility index (Phi) is 3.26. The van der Waals surface area contributed by atoms with Gasteiger partial charge in [0.25, 0.3) is 0 Å². The zero-order valence-corrected chi connectivity index (χ0v) is 10.0. The Hall–Kier alpha value is -1.26. The number of rotatable bonds is 3. The van der Waals surface area contributed by atoms with Crippen molar-refractivity contribution in [1.29, 1.82) is 0 Å². The molecule has 0 bridgehead atoms. The van der Waals surface area contributed by atoms with Crippen molar-refractivity contribution in [2.45, 2.75) is 12.5 Å². The number of halogens is 2. The fraction of sp³-hybridized carbons (Fsp3) is 0.273. The predicted molar refractivity (Wildman–Crippen MR) is 61.8 cm³/mol. The third-order valence-electron chi connectivity index (χ3n) is 2.52. The van der Waals surface area contributed by atoms with Crippen molar-refractivity contribution < 1.29 is 19.4 Å². The minimum Gasteiger partial charge on any atom is -0.450 e. The molecule has 4 nitrogen and oxygen atoms in total. The highest BCUT2D eigenvalue weighted by molar-refractivity contribution is 6.42. The second kappa shape index (κ2) is 4.55. The van der Waals surface area contributed by atoms with Crippen LogP contribution in [-0.4, -0.2) is 23.1 Å². The van der Waals surface area contributed by atoms with Gasteiger partial charge in [-0.2, -0.15) is 0 Å². The van der Waals surface area contributed by atoms with Crippen molar-refractivity contribution >= 4 is 35.1 Å². The van der Waals surface area contributed by atoms with Gasteiger partial charge in [-0.3, -0.25) is 4.79 Å². The standard InChI is InChI=1S/C11H8Cl2O4/c12-7-2-1-5(3-8(7)13)10(14)6-4-9(6)17-11(15)16/h1-3,6,9H,4H2,(H,15,16)/t6-,9-/m0/s1. The quantitative estimate of drug-likeness (QED) is 0.679. The van der Waals surface area contributed by atoms with E-state index in [0.717, 1.165) is 0 Å². The maximum atomic E-state index is 11.9. The molecule has 0 spiro atoms. The van der Waals surface area contributed by atoms with Gasteiger partial charge in [-0.15, -0.1) is 0 Å². The van der Waals surface area contributed by atoms with Crippen LogP contribution in [0.25, 0.3) is 0 Å². The second-order valence-corrected chi connectivity index (χ2v) is 4.57. The lowest BCUT2D eigenvalue weighted by Gasteiger charge is -2.02. The number of carbonyl (C=O) groups excluding carboxylic acids is 1. The third-order valence-corrected chi connectivity index (χ3v) is 3.26. The molecule has 2 atom stereocenters. The minimum atomic E-state index is -1.36. The number of carbonyl (C=O) groups is 2. The van der Waals surface area contributed by atoms with E-state index in [2.05, 4.69) is 4.74 Å². The highest BCUT2D eigenvalue weighted by atomic mass is 35.5. The molecule has 0 radical (unpaired) electrons. The van der Waals surface area contributed by atoms with Gasteiger partial charge in [0.05, 0.1) is 16.0 Å². The Labute approximate surface area is 107 Å². The fourth-order valence-corrected chi connectivity index (χ4v) is 1.87. The largest absolute Gasteiger partial charge is 0.506 e. The maximum absolute atomic E-state index is 11.9. The van der Waals surface area contributed by atoms with E-state index in [0.29, 0.717) is 22.0 Å². The van der Waals surface area contributed by atoms with E-state index in [1.54, 1.807) is 6.07 Å². The molecule has 0 aromatic heterocycles. The third kappa shape index (κ3) is 2.70. The summed E-state index contributed by atoms with van der Waals surface area (Å²) in [6.45, 7) is 0. The Morgan fingerprint density at radius 3 is 2.59 bits per heavy atom. The summed E-state index contributed by atoms with van der Waals surface area (Å²) in [6.07, 6.45) is -1.47. The van der Waals surface area contributed by atoms with E-state index < -0.39 is 18.2 Å². The smallest absolute Gasteiger partial charge is 0.450 e. The topological polar surface area (TPSA) is 63.6 Å². The molecule has 1 aliphatic carbocycles. The highest BCUT2D eigenvalue weighted by Crippen LogP contribution is 2.37. The number of hydrogen-bond donors (Lipinski definition) is 1. The molecule has 2 rings (SSSR count). The molecule has 90 valence electrons. The molecule has 0 amide bonds. The Morgan fingerprint density at radius 2 is 2.00 bits per heavy atom. The van der Waals surface area contributed by atoms with Gasteiger partial charge in [0.1, 0.15) is 6.10 Å². The molecule has 1 aromatic carbocycles. The summed E-state index contributed by atoms with van der Waals surface area (Å²) in [6, 6.07) is 4.57. The number of ketones is 1. The van der Waals surface area contributed by atoms with Crippen LogP contribution in [0.1, 0.15) is 16.8 Å². The highest BCUT2D eigenvalue weighted by Gasteiger charge is 2.46. The van der Waals surface area contributed by atoms with Crippen molar-refractivity contribution in [1.82, 2.24) is 0 Å². The van der Waals surface area contributed by atoms with Crippen molar-refractivity contribution in [3.63, 3.8) is 0 Å². The van der Waals surface area contributed by atoms with Gasteiger partial charge in [-0.05, 0) is 24.6 Å². The van der Waals surface area contributed by atoms with Crippen LogP contribution < -0.4 is 0 Å². The average Bonchev–Trinajstić information content (AvgIpc) is 2.99. The normalized spacial score (nSPS) is 22.0. The Bertz CT molecular complexity index is 486. The summed E-state index contributed by atoms with van der Waals surface area (Å²) in [5.41, 5.74) is 0.417. The molecule has 0 aliphatic heterocycles. The van der Waals surface area contributed by atoms with Crippen molar-refractivity contribution in [3.05, 3.63) is 33.8 Å².